The molecule has 2 rings (SSSR count). The second kappa shape index (κ2) is 5.77. The van der Waals surface area contributed by atoms with E-state index in [1.54, 1.807) is 24.3 Å². The minimum Gasteiger partial charge on any atom is -0.455 e. The highest BCUT2D eigenvalue weighted by molar-refractivity contribution is 6.30. The molecular weight excluding hydrogens is 274 g/mol. The molecule has 2 aromatic rings. The van der Waals surface area contributed by atoms with Gasteiger partial charge in [-0.15, -0.1) is 0 Å². The predicted molar refractivity (Wildman–Crippen MR) is 77.5 cm³/mol. The highest BCUT2D eigenvalue weighted by Crippen LogP contribution is 2.33. The van der Waals surface area contributed by atoms with Crippen LogP contribution in [0.25, 0.3) is 0 Å². The Hall–Kier alpha value is -2.31. The third-order valence-corrected chi connectivity index (χ3v) is 3.12. The highest BCUT2D eigenvalue weighted by Gasteiger charge is 2.11. The van der Waals surface area contributed by atoms with Gasteiger partial charge in [-0.25, -0.2) is 0 Å². The number of aldehydes is 1. The largest absolute Gasteiger partial charge is 0.455 e. The first kappa shape index (κ1) is 14.1. The van der Waals surface area contributed by atoms with Crippen LogP contribution >= 0.6 is 11.6 Å². The van der Waals surface area contributed by atoms with Crippen LogP contribution in [0.1, 0.15) is 27.0 Å². The molecule has 0 radical (unpaired) electrons. The van der Waals surface area contributed by atoms with Crippen molar-refractivity contribution >= 4 is 17.9 Å². The van der Waals surface area contributed by atoms with Crippen molar-refractivity contribution in [2.45, 2.75) is 13.8 Å². The second-order valence-electron chi connectivity index (χ2n) is 4.46. The van der Waals surface area contributed by atoms with Crippen LogP contribution in [-0.2, 0) is 0 Å². The first-order chi connectivity index (χ1) is 9.55. The lowest BCUT2D eigenvalue weighted by Crippen LogP contribution is -1.94. The number of benzene rings is 2. The minimum absolute atomic E-state index is 0.323. The number of carbonyl (C=O) groups excluding carboxylic acids is 1. The van der Waals surface area contributed by atoms with E-state index >= 15 is 0 Å². The van der Waals surface area contributed by atoms with E-state index in [2.05, 4.69) is 0 Å². The van der Waals surface area contributed by atoms with E-state index in [-0.39, 0.29) is 0 Å². The lowest BCUT2D eigenvalue weighted by molar-refractivity contribution is 0.112. The molecule has 0 spiro atoms. The van der Waals surface area contributed by atoms with E-state index in [1.807, 2.05) is 19.9 Å². The molecular formula is C16H12ClNO2. The molecule has 2 aromatic carbocycles. The zero-order valence-corrected chi connectivity index (χ0v) is 11.9. The van der Waals surface area contributed by atoms with Gasteiger partial charge in [0.05, 0.1) is 5.56 Å². The first-order valence-corrected chi connectivity index (χ1v) is 6.37. The van der Waals surface area contributed by atoms with E-state index in [9.17, 15) is 4.79 Å². The van der Waals surface area contributed by atoms with Crippen LogP contribution in [-0.4, -0.2) is 6.29 Å². The maximum atomic E-state index is 10.7. The fourth-order valence-corrected chi connectivity index (χ4v) is 2.29. The van der Waals surface area contributed by atoms with Crippen molar-refractivity contribution in [3.8, 4) is 17.6 Å². The summed E-state index contributed by atoms with van der Waals surface area (Å²) < 4.78 is 5.82. The zero-order valence-electron chi connectivity index (χ0n) is 11.1. The Labute approximate surface area is 122 Å². The topological polar surface area (TPSA) is 50.1 Å². The molecule has 0 bridgehead atoms. The van der Waals surface area contributed by atoms with Crippen molar-refractivity contribution < 1.29 is 9.53 Å². The van der Waals surface area contributed by atoms with Crippen LogP contribution in [0.5, 0.6) is 11.5 Å². The average Bonchev–Trinajstić information content (AvgIpc) is 2.42. The van der Waals surface area contributed by atoms with E-state index < -0.39 is 0 Å². The number of halogens is 1. The third-order valence-electron chi connectivity index (χ3n) is 2.90. The number of hydrogen-bond donors (Lipinski definition) is 0. The Balaban J connectivity index is 2.46. The van der Waals surface area contributed by atoms with Gasteiger partial charge in [-0.05, 0) is 55.3 Å². The molecule has 0 saturated carbocycles. The third kappa shape index (κ3) is 2.81. The molecule has 0 amide bonds. The minimum atomic E-state index is 0.323. The van der Waals surface area contributed by atoms with Crippen molar-refractivity contribution in [1.29, 1.82) is 5.26 Å². The quantitative estimate of drug-likeness (QED) is 0.784. The van der Waals surface area contributed by atoms with Crippen molar-refractivity contribution in [2.75, 3.05) is 0 Å². The van der Waals surface area contributed by atoms with E-state index in [4.69, 9.17) is 21.6 Å². The molecule has 0 aliphatic heterocycles. The van der Waals surface area contributed by atoms with Crippen molar-refractivity contribution in [2.24, 2.45) is 0 Å². The van der Waals surface area contributed by atoms with Gasteiger partial charge in [-0.2, -0.15) is 5.26 Å². The van der Waals surface area contributed by atoms with Crippen LogP contribution in [0, 0.1) is 25.2 Å². The van der Waals surface area contributed by atoms with Crippen molar-refractivity contribution in [1.82, 2.24) is 0 Å². The number of hydrogen-bond acceptors (Lipinski definition) is 3. The molecule has 0 aliphatic rings. The van der Waals surface area contributed by atoms with Gasteiger partial charge in [0.1, 0.15) is 23.9 Å². The highest BCUT2D eigenvalue weighted by atomic mass is 35.5. The summed E-state index contributed by atoms with van der Waals surface area (Å²) in [6, 6.07) is 10.4. The molecule has 0 unspecified atom stereocenters. The monoisotopic (exact) mass is 285 g/mol. The molecule has 0 heterocycles. The Morgan fingerprint density at radius 3 is 2.40 bits per heavy atom. The lowest BCUT2D eigenvalue weighted by Gasteiger charge is -2.13. The molecule has 3 nitrogen and oxygen atoms in total. The summed E-state index contributed by atoms with van der Waals surface area (Å²) in [5.74, 6) is 1.09. The molecule has 4 heteroatoms. The Morgan fingerprint density at radius 2 is 1.85 bits per heavy atom. The average molecular weight is 286 g/mol. The SMILES string of the molecule is Cc1cc(Cl)cc(C)c1Oc1ccc(C=O)cc1C#N. The number of rotatable bonds is 3. The molecule has 20 heavy (non-hydrogen) atoms. The van der Waals surface area contributed by atoms with E-state index in [1.165, 1.54) is 6.07 Å². The summed E-state index contributed by atoms with van der Waals surface area (Å²) in [6.07, 6.45) is 0.698. The summed E-state index contributed by atoms with van der Waals surface area (Å²) in [7, 11) is 0. The van der Waals surface area contributed by atoms with Crippen LogP contribution in [0.15, 0.2) is 30.3 Å². The first-order valence-electron chi connectivity index (χ1n) is 5.99. The number of aryl methyl sites for hydroxylation is 2. The van der Waals surface area contributed by atoms with Crippen molar-refractivity contribution in [3.05, 3.63) is 57.6 Å². The number of nitriles is 1. The maximum Gasteiger partial charge on any atom is 0.150 e. The summed E-state index contributed by atoms with van der Waals surface area (Å²) in [5, 5.41) is 9.77. The lowest BCUT2D eigenvalue weighted by atomic mass is 10.1. The Kier molecular flexibility index (Phi) is 4.07. The Morgan fingerprint density at radius 1 is 1.20 bits per heavy atom. The van der Waals surface area contributed by atoms with Gasteiger partial charge in [0, 0.05) is 10.6 Å². The predicted octanol–water partition coefficient (Wildman–Crippen LogP) is 4.43. The Bertz CT molecular complexity index is 694. The van der Waals surface area contributed by atoms with Crippen LogP contribution in [0.4, 0.5) is 0 Å². The zero-order chi connectivity index (χ0) is 14.7. The second-order valence-corrected chi connectivity index (χ2v) is 4.89. The van der Waals surface area contributed by atoms with Crippen LogP contribution < -0.4 is 4.74 Å². The standard InChI is InChI=1S/C16H12ClNO2/c1-10-5-14(17)6-11(2)16(10)20-15-4-3-12(9-19)7-13(15)8-18/h3-7,9H,1-2H3. The normalized spacial score (nSPS) is 9.90. The van der Waals surface area contributed by atoms with Crippen LogP contribution in [0.2, 0.25) is 5.02 Å². The number of ether oxygens (including phenoxy) is 1. The van der Waals surface area contributed by atoms with Gasteiger partial charge in [0.15, 0.2) is 0 Å². The summed E-state index contributed by atoms with van der Waals surface area (Å²) in [5.41, 5.74) is 2.54. The molecule has 0 saturated heterocycles. The number of nitrogens with zero attached hydrogens (tertiary/aromatic N) is 1. The molecule has 100 valence electrons. The molecule has 0 fully saturated rings. The molecule has 0 aromatic heterocycles. The van der Waals surface area contributed by atoms with Crippen LogP contribution in [0.3, 0.4) is 0 Å². The number of carbonyl (C=O) groups is 1. The van der Waals surface area contributed by atoms with Crippen molar-refractivity contribution in [3.63, 3.8) is 0 Å². The molecule has 0 N–H and O–H groups in total. The maximum absolute atomic E-state index is 10.7. The molecule has 0 aliphatic carbocycles. The van der Waals surface area contributed by atoms with Gasteiger partial charge >= 0.3 is 0 Å². The smallest absolute Gasteiger partial charge is 0.150 e. The summed E-state index contributed by atoms with van der Waals surface area (Å²) in [4.78, 5) is 10.7. The van der Waals surface area contributed by atoms with Gasteiger partial charge in [-0.3, -0.25) is 4.79 Å². The molecule has 0 atom stereocenters. The van der Waals surface area contributed by atoms with E-state index in [0.29, 0.717) is 33.9 Å². The van der Waals surface area contributed by atoms with Gasteiger partial charge in [0.2, 0.25) is 0 Å². The fraction of sp³-hybridized carbons (Fsp3) is 0.125. The van der Waals surface area contributed by atoms with Gasteiger partial charge in [-0.1, -0.05) is 11.6 Å². The summed E-state index contributed by atoms with van der Waals surface area (Å²) in [6.45, 7) is 3.78. The van der Waals surface area contributed by atoms with Gasteiger partial charge < -0.3 is 4.74 Å². The van der Waals surface area contributed by atoms with E-state index in [0.717, 1.165) is 11.1 Å². The van der Waals surface area contributed by atoms with Gasteiger partial charge in [0.25, 0.3) is 0 Å². The fourth-order valence-electron chi connectivity index (χ4n) is 1.97. The summed E-state index contributed by atoms with van der Waals surface area (Å²) >= 11 is 5.98.